The standard InChI is InChI=1S/C16H19F3N2O3/c1-2-3-4-12-14(23)21(15(24)20-12)9-13(22)10-5-7-11(8-6-10)16(17,18)19/h5-8,12-13,22H,2-4,9H2,1H3,(H,20,24). The number of halogens is 3. The lowest BCUT2D eigenvalue weighted by atomic mass is 10.1. The summed E-state index contributed by atoms with van der Waals surface area (Å²) in [7, 11) is 0. The van der Waals surface area contributed by atoms with E-state index in [9.17, 15) is 27.9 Å². The van der Waals surface area contributed by atoms with Crippen LogP contribution in [-0.2, 0) is 11.0 Å². The van der Waals surface area contributed by atoms with Crippen molar-refractivity contribution in [2.24, 2.45) is 0 Å². The summed E-state index contributed by atoms with van der Waals surface area (Å²) in [6.07, 6.45) is -3.51. The quantitative estimate of drug-likeness (QED) is 0.780. The lowest BCUT2D eigenvalue weighted by molar-refractivity contribution is -0.137. The molecule has 0 radical (unpaired) electrons. The van der Waals surface area contributed by atoms with Crippen LogP contribution in [0.2, 0.25) is 0 Å². The van der Waals surface area contributed by atoms with Crippen molar-refractivity contribution in [1.29, 1.82) is 0 Å². The van der Waals surface area contributed by atoms with Gasteiger partial charge in [-0.2, -0.15) is 13.2 Å². The molecule has 1 aromatic rings. The smallest absolute Gasteiger partial charge is 0.387 e. The molecule has 2 unspecified atom stereocenters. The third-order valence-electron chi connectivity index (χ3n) is 3.93. The molecule has 1 aliphatic rings. The minimum atomic E-state index is -4.46. The Morgan fingerprint density at radius 2 is 1.88 bits per heavy atom. The van der Waals surface area contributed by atoms with Crippen LogP contribution in [0, 0.1) is 0 Å². The molecule has 24 heavy (non-hydrogen) atoms. The van der Waals surface area contributed by atoms with Crippen LogP contribution in [0.4, 0.5) is 18.0 Å². The SMILES string of the molecule is CCCCC1NC(=O)N(CC(O)c2ccc(C(F)(F)F)cc2)C1=O. The molecule has 1 aliphatic heterocycles. The Bertz CT molecular complexity index is 602. The molecule has 8 heteroatoms. The van der Waals surface area contributed by atoms with Crippen molar-refractivity contribution >= 4 is 11.9 Å². The molecule has 0 spiro atoms. The third-order valence-corrected chi connectivity index (χ3v) is 3.93. The number of benzene rings is 1. The summed E-state index contributed by atoms with van der Waals surface area (Å²) in [6, 6.07) is 2.80. The fourth-order valence-electron chi connectivity index (χ4n) is 2.53. The molecule has 0 aromatic heterocycles. The van der Waals surface area contributed by atoms with Gasteiger partial charge in [0.15, 0.2) is 0 Å². The summed E-state index contributed by atoms with van der Waals surface area (Å²) < 4.78 is 37.6. The molecule has 2 rings (SSSR count). The number of β-amino-alcohol motifs (C(OH)–C–C–N with tert-alkyl or cyclic N) is 1. The van der Waals surface area contributed by atoms with Crippen LogP contribution in [0.3, 0.4) is 0 Å². The highest BCUT2D eigenvalue weighted by Crippen LogP contribution is 2.30. The minimum absolute atomic E-state index is 0.209. The molecular formula is C16H19F3N2O3. The van der Waals surface area contributed by atoms with Gasteiger partial charge >= 0.3 is 12.2 Å². The van der Waals surface area contributed by atoms with Crippen molar-refractivity contribution in [3.8, 4) is 0 Å². The molecule has 5 nitrogen and oxygen atoms in total. The number of unbranched alkanes of at least 4 members (excludes halogenated alkanes) is 1. The predicted octanol–water partition coefficient (Wildman–Crippen LogP) is 2.85. The summed E-state index contributed by atoms with van der Waals surface area (Å²) >= 11 is 0. The largest absolute Gasteiger partial charge is 0.416 e. The zero-order chi connectivity index (χ0) is 17.9. The number of hydrogen-bond donors (Lipinski definition) is 2. The van der Waals surface area contributed by atoms with E-state index in [-0.39, 0.29) is 12.1 Å². The van der Waals surface area contributed by atoms with Gasteiger partial charge in [0, 0.05) is 0 Å². The van der Waals surface area contributed by atoms with Crippen LogP contribution in [0.25, 0.3) is 0 Å². The number of nitrogens with zero attached hydrogens (tertiary/aromatic N) is 1. The molecule has 1 heterocycles. The second kappa shape index (κ2) is 7.21. The van der Waals surface area contributed by atoms with Crippen molar-refractivity contribution in [2.75, 3.05) is 6.54 Å². The first kappa shape index (κ1) is 18.3. The number of aliphatic hydroxyl groups excluding tert-OH is 1. The summed E-state index contributed by atoms with van der Waals surface area (Å²) in [4.78, 5) is 24.9. The summed E-state index contributed by atoms with van der Waals surface area (Å²) in [5, 5.41) is 12.7. The van der Waals surface area contributed by atoms with Gasteiger partial charge in [0.2, 0.25) is 0 Å². The van der Waals surface area contributed by atoms with Crippen LogP contribution in [0.1, 0.15) is 43.4 Å². The fourth-order valence-corrected chi connectivity index (χ4v) is 2.53. The van der Waals surface area contributed by atoms with Gasteiger partial charge in [-0.1, -0.05) is 31.9 Å². The van der Waals surface area contributed by atoms with Crippen molar-refractivity contribution in [3.05, 3.63) is 35.4 Å². The van der Waals surface area contributed by atoms with Gasteiger partial charge in [0.25, 0.3) is 5.91 Å². The Labute approximate surface area is 137 Å². The van der Waals surface area contributed by atoms with E-state index in [2.05, 4.69) is 5.32 Å². The third kappa shape index (κ3) is 4.05. The number of amides is 3. The lowest BCUT2D eigenvalue weighted by Crippen LogP contribution is -2.35. The summed E-state index contributed by atoms with van der Waals surface area (Å²) in [6.45, 7) is 1.67. The second-order valence-electron chi connectivity index (χ2n) is 5.73. The van der Waals surface area contributed by atoms with Crippen molar-refractivity contribution in [2.45, 2.75) is 44.5 Å². The van der Waals surface area contributed by atoms with Crippen LogP contribution < -0.4 is 5.32 Å². The molecule has 1 saturated heterocycles. The molecule has 0 saturated carbocycles. The Kier molecular flexibility index (Phi) is 5.48. The summed E-state index contributed by atoms with van der Waals surface area (Å²) in [5.74, 6) is -0.417. The Morgan fingerprint density at radius 3 is 2.42 bits per heavy atom. The number of urea groups is 1. The van der Waals surface area contributed by atoms with E-state index < -0.39 is 35.8 Å². The zero-order valence-electron chi connectivity index (χ0n) is 13.1. The van der Waals surface area contributed by atoms with E-state index in [0.717, 1.165) is 42.0 Å². The maximum absolute atomic E-state index is 12.5. The van der Waals surface area contributed by atoms with E-state index in [1.165, 1.54) is 0 Å². The first-order valence-electron chi connectivity index (χ1n) is 7.71. The van der Waals surface area contributed by atoms with E-state index in [4.69, 9.17) is 0 Å². The maximum Gasteiger partial charge on any atom is 0.416 e. The molecule has 1 aromatic carbocycles. The Morgan fingerprint density at radius 1 is 1.25 bits per heavy atom. The lowest BCUT2D eigenvalue weighted by Gasteiger charge is -2.18. The normalized spacial score (nSPS) is 19.5. The van der Waals surface area contributed by atoms with E-state index in [1.54, 1.807) is 0 Å². The van der Waals surface area contributed by atoms with Crippen LogP contribution >= 0.6 is 0 Å². The van der Waals surface area contributed by atoms with Gasteiger partial charge in [0.1, 0.15) is 6.04 Å². The Balaban J connectivity index is 2.02. The Hall–Kier alpha value is -2.09. The fraction of sp³-hybridized carbons (Fsp3) is 0.500. The molecule has 0 aliphatic carbocycles. The minimum Gasteiger partial charge on any atom is -0.387 e. The highest BCUT2D eigenvalue weighted by Gasteiger charge is 2.38. The number of aliphatic hydroxyl groups is 1. The predicted molar refractivity (Wildman–Crippen MR) is 80.0 cm³/mol. The average molecular weight is 344 g/mol. The van der Waals surface area contributed by atoms with E-state index >= 15 is 0 Å². The van der Waals surface area contributed by atoms with Crippen LogP contribution in [-0.4, -0.2) is 34.5 Å². The van der Waals surface area contributed by atoms with Crippen LogP contribution in [0.5, 0.6) is 0 Å². The maximum atomic E-state index is 12.5. The van der Waals surface area contributed by atoms with Gasteiger partial charge < -0.3 is 10.4 Å². The van der Waals surface area contributed by atoms with Crippen molar-refractivity contribution in [1.82, 2.24) is 10.2 Å². The average Bonchev–Trinajstić information content (AvgIpc) is 2.79. The first-order chi connectivity index (χ1) is 11.2. The number of nitrogens with one attached hydrogen (secondary N) is 1. The van der Waals surface area contributed by atoms with Crippen LogP contribution in [0.15, 0.2) is 24.3 Å². The number of hydrogen-bond acceptors (Lipinski definition) is 3. The zero-order valence-corrected chi connectivity index (χ0v) is 13.1. The number of imide groups is 1. The second-order valence-corrected chi connectivity index (χ2v) is 5.73. The van der Waals surface area contributed by atoms with Gasteiger partial charge in [-0.3, -0.25) is 9.69 Å². The highest BCUT2D eigenvalue weighted by molar-refractivity contribution is 6.04. The number of carbonyl (C=O) groups excluding carboxylic acids is 2. The van der Waals surface area contributed by atoms with Crippen molar-refractivity contribution in [3.63, 3.8) is 0 Å². The molecule has 2 N–H and O–H groups in total. The van der Waals surface area contributed by atoms with Gasteiger partial charge in [-0.05, 0) is 24.1 Å². The van der Waals surface area contributed by atoms with Gasteiger partial charge in [0.05, 0.1) is 18.2 Å². The molecular weight excluding hydrogens is 325 g/mol. The van der Waals surface area contributed by atoms with Crippen molar-refractivity contribution < 1.29 is 27.9 Å². The monoisotopic (exact) mass is 344 g/mol. The summed E-state index contributed by atoms with van der Waals surface area (Å²) in [5.41, 5.74) is -0.617. The first-order valence-corrected chi connectivity index (χ1v) is 7.71. The van der Waals surface area contributed by atoms with E-state index in [0.29, 0.717) is 6.42 Å². The number of alkyl halides is 3. The molecule has 0 bridgehead atoms. The highest BCUT2D eigenvalue weighted by atomic mass is 19.4. The van der Waals surface area contributed by atoms with E-state index in [1.807, 2.05) is 6.92 Å². The molecule has 2 atom stereocenters. The van der Waals surface area contributed by atoms with Gasteiger partial charge in [-0.15, -0.1) is 0 Å². The van der Waals surface area contributed by atoms with Gasteiger partial charge in [-0.25, -0.2) is 4.79 Å². The molecule has 1 fully saturated rings. The number of rotatable bonds is 6. The topological polar surface area (TPSA) is 69.6 Å². The molecule has 3 amide bonds. The number of carbonyl (C=O) groups is 2. The molecule has 132 valence electrons.